The number of amides is 2. The smallest absolute Gasteiger partial charge is 0.343 e. The van der Waals surface area contributed by atoms with Crippen molar-refractivity contribution in [3.8, 4) is 11.5 Å². The third kappa shape index (κ3) is 6.45. The minimum absolute atomic E-state index is 0.198. The van der Waals surface area contributed by atoms with Gasteiger partial charge in [0.05, 0.1) is 24.2 Å². The molecule has 1 aliphatic rings. The van der Waals surface area contributed by atoms with Crippen LogP contribution in [0.2, 0.25) is 0 Å². The van der Waals surface area contributed by atoms with Crippen molar-refractivity contribution in [1.82, 2.24) is 4.90 Å². The topological polar surface area (TPSA) is 99.2 Å². The number of hydrogen-bond acceptors (Lipinski definition) is 8. The molecule has 1 aliphatic heterocycles. The van der Waals surface area contributed by atoms with Gasteiger partial charge in [0.1, 0.15) is 18.0 Å². The molecule has 9 heteroatoms. The largest absolute Gasteiger partial charge is 0.497 e. The van der Waals surface area contributed by atoms with Crippen LogP contribution in [0.1, 0.15) is 35.7 Å². The van der Waals surface area contributed by atoms with Crippen molar-refractivity contribution in [1.29, 1.82) is 0 Å². The number of benzene rings is 2. The number of carbonyl (C=O) groups excluding carboxylic acids is 4. The Bertz CT molecular complexity index is 1060. The first-order valence-electron chi connectivity index (χ1n) is 10.3. The van der Waals surface area contributed by atoms with Crippen LogP contribution in [0.25, 0.3) is 6.08 Å². The maximum atomic E-state index is 12.5. The molecule has 2 aromatic carbocycles. The fourth-order valence-corrected chi connectivity index (χ4v) is 3.66. The highest BCUT2D eigenvalue weighted by Crippen LogP contribution is 2.32. The van der Waals surface area contributed by atoms with Gasteiger partial charge >= 0.3 is 11.9 Å². The summed E-state index contributed by atoms with van der Waals surface area (Å²) in [6.07, 6.45) is 3.14. The van der Waals surface area contributed by atoms with Crippen LogP contribution in [0.15, 0.2) is 53.4 Å². The molecule has 172 valence electrons. The molecule has 3 rings (SSSR count). The SMILES string of the molecule is CCCCOC(=O)CN1C(=O)S/C(=C/c2ccc(OC(=O)c3ccc(OC)cc3)cc2)C1=O. The fraction of sp³-hybridized carbons (Fsp3) is 0.250. The zero-order chi connectivity index (χ0) is 23.8. The summed E-state index contributed by atoms with van der Waals surface area (Å²) >= 11 is 0.757. The third-order valence-electron chi connectivity index (χ3n) is 4.64. The Labute approximate surface area is 195 Å². The highest BCUT2D eigenvalue weighted by molar-refractivity contribution is 8.18. The number of methoxy groups -OCH3 is 1. The van der Waals surface area contributed by atoms with Gasteiger partial charge in [0.2, 0.25) is 0 Å². The first kappa shape index (κ1) is 24.1. The number of thioether (sulfide) groups is 1. The van der Waals surface area contributed by atoms with E-state index in [-0.39, 0.29) is 11.5 Å². The Balaban J connectivity index is 1.60. The van der Waals surface area contributed by atoms with Crippen molar-refractivity contribution >= 4 is 40.9 Å². The molecule has 0 atom stereocenters. The molecule has 0 radical (unpaired) electrons. The van der Waals surface area contributed by atoms with E-state index < -0.39 is 29.6 Å². The van der Waals surface area contributed by atoms with Crippen molar-refractivity contribution in [3.05, 3.63) is 64.6 Å². The fourth-order valence-electron chi connectivity index (χ4n) is 2.82. The zero-order valence-corrected chi connectivity index (χ0v) is 19.1. The van der Waals surface area contributed by atoms with Crippen molar-refractivity contribution in [2.75, 3.05) is 20.3 Å². The Morgan fingerprint density at radius 2 is 1.67 bits per heavy atom. The number of hydrogen-bond donors (Lipinski definition) is 0. The van der Waals surface area contributed by atoms with Gasteiger partial charge in [-0.05, 0) is 66.2 Å². The summed E-state index contributed by atoms with van der Waals surface area (Å²) in [5.41, 5.74) is 1.01. The quantitative estimate of drug-likeness (QED) is 0.232. The molecule has 33 heavy (non-hydrogen) atoms. The zero-order valence-electron chi connectivity index (χ0n) is 18.2. The number of imide groups is 1. The third-order valence-corrected chi connectivity index (χ3v) is 5.54. The Morgan fingerprint density at radius 3 is 2.30 bits per heavy atom. The van der Waals surface area contributed by atoms with E-state index in [9.17, 15) is 19.2 Å². The molecule has 2 aromatic rings. The van der Waals surface area contributed by atoms with Crippen molar-refractivity contribution in [3.63, 3.8) is 0 Å². The van der Waals surface area contributed by atoms with Crippen LogP contribution in [0.3, 0.4) is 0 Å². The van der Waals surface area contributed by atoms with E-state index >= 15 is 0 Å². The molecular formula is C24H23NO7S. The average Bonchev–Trinajstić information content (AvgIpc) is 3.07. The molecule has 0 aromatic heterocycles. The second-order valence-electron chi connectivity index (χ2n) is 7.03. The molecule has 0 N–H and O–H groups in total. The van der Waals surface area contributed by atoms with E-state index in [4.69, 9.17) is 14.2 Å². The number of esters is 2. The van der Waals surface area contributed by atoms with E-state index in [0.717, 1.165) is 29.5 Å². The van der Waals surface area contributed by atoms with E-state index in [1.54, 1.807) is 54.6 Å². The summed E-state index contributed by atoms with van der Waals surface area (Å²) in [4.78, 5) is 49.9. The van der Waals surface area contributed by atoms with Gasteiger partial charge in [0.25, 0.3) is 11.1 Å². The number of nitrogens with zero attached hydrogens (tertiary/aromatic N) is 1. The van der Waals surface area contributed by atoms with Crippen LogP contribution in [0, 0.1) is 0 Å². The van der Waals surface area contributed by atoms with Crippen molar-refractivity contribution < 1.29 is 33.4 Å². The highest BCUT2D eigenvalue weighted by Gasteiger charge is 2.36. The standard InChI is InChI=1S/C24H23NO7S/c1-3-4-13-31-21(26)15-25-22(27)20(33-24(25)29)14-16-5-9-19(10-6-16)32-23(28)17-7-11-18(30-2)12-8-17/h5-12,14H,3-4,13,15H2,1-2H3/b20-14+. The number of rotatable bonds is 9. The lowest BCUT2D eigenvalue weighted by Crippen LogP contribution is -2.34. The Kier molecular flexibility index (Phi) is 8.26. The van der Waals surface area contributed by atoms with E-state index in [0.29, 0.717) is 22.6 Å². The Hall–Kier alpha value is -3.59. The van der Waals surface area contributed by atoms with Gasteiger partial charge in [0, 0.05) is 0 Å². The molecule has 1 heterocycles. The van der Waals surface area contributed by atoms with Gasteiger partial charge in [-0.25, -0.2) is 4.79 Å². The molecule has 1 fully saturated rings. The lowest BCUT2D eigenvalue weighted by molar-refractivity contribution is -0.146. The summed E-state index contributed by atoms with van der Waals surface area (Å²) in [5.74, 6) is -0.718. The van der Waals surface area contributed by atoms with Crippen LogP contribution in [-0.4, -0.2) is 48.2 Å². The monoisotopic (exact) mass is 469 g/mol. The summed E-state index contributed by atoms with van der Waals surface area (Å²) in [7, 11) is 1.54. The van der Waals surface area contributed by atoms with Crippen molar-refractivity contribution in [2.45, 2.75) is 19.8 Å². The molecule has 0 saturated carbocycles. The van der Waals surface area contributed by atoms with Gasteiger partial charge in [-0.1, -0.05) is 25.5 Å². The number of carbonyl (C=O) groups is 4. The molecule has 8 nitrogen and oxygen atoms in total. The minimum Gasteiger partial charge on any atom is -0.497 e. The van der Waals surface area contributed by atoms with Crippen LogP contribution >= 0.6 is 11.8 Å². The highest BCUT2D eigenvalue weighted by atomic mass is 32.2. The Morgan fingerprint density at radius 1 is 1.00 bits per heavy atom. The molecule has 0 unspecified atom stereocenters. The van der Waals surface area contributed by atoms with Crippen LogP contribution < -0.4 is 9.47 Å². The van der Waals surface area contributed by atoms with E-state index in [1.165, 1.54) is 7.11 Å². The summed E-state index contributed by atoms with van der Waals surface area (Å²) < 4.78 is 15.4. The second-order valence-corrected chi connectivity index (χ2v) is 8.02. The predicted octanol–water partition coefficient (Wildman–Crippen LogP) is 4.29. The first-order valence-corrected chi connectivity index (χ1v) is 11.1. The lowest BCUT2D eigenvalue weighted by atomic mass is 10.2. The molecule has 0 spiro atoms. The van der Waals surface area contributed by atoms with Gasteiger partial charge in [-0.3, -0.25) is 19.3 Å². The normalized spacial score (nSPS) is 14.5. The first-order chi connectivity index (χ1) is 15.9. The minimum atomic E-state index is -0.616. The number of ether oxygens (including phenoxy) is 3. The van der Waals surface area contributed by atoms with Crippen LogP contribution in [-0.2, 0) is 14.3 Å². The summed E-state index contributed by atoms with van der Waals surface area (Å²) in [6.45, 7) is 1.81. The lowest BCUT2D eigenvalue weighted by Gasteiger charge is -2.11. The van der Waals surface area contributed by atoms with Gasteiger partial charge < -0.3 is 14.2 Å². The van der Waals surface area contributed by atoms with Crippen LogP contribution in [0.4, 0.5) is 4.79 Å². The maximum Gasteiger partial charge on any atom is 0.343 e. The summed E-state index contributed by atoms with van der Waals surface area (Å²) in [6, 6.07) is 13.0. The van der Waals surface area contributed by atoms with Gasteiger partial charge in [-0.2, -0.15) is 0 Å². The molecule has 0 bridgehead atoms. The summed E-state index contributed by atoms with van der Waals surface area (Å²) in [5, 5.41) is -0.524. The van der Waals surface area contributed by atoms with E-state index in [2.05, 4.69) is 0 Å². The van der Waals surface area contributed by atoms with E-state index in [1.807, 2.05) is 6.92 Å². The maximum absolute atomic E-state index is 12.5. The predicted molar refractivity (Wildman–Crippen MR) is 123 cm³/mol. The average molecular weight is 470 g/mol. The van der Waals surface area contributed by atoms with Gasteiger partial charge in [0.15, 0.2) is 0 Å². The molecular weight excluding hydrogens is 446 g/mol. The molecule has 0 aliphatic carbocycles. The second kappa shape index (κ2) is 11.3. The van der Waals surface area contributed by atoms with Crippen molar-refractivity contribution in [2.24, 2.45) is 0 Å². The number of unbranched alkanes of at least 4 members (excludes halogenated alkanes) is 1. The van der Waals surface area contributed by atoms with Crippen LogP contribution in [0.5, 0.6) is 11.5 Å². The van der Waals surface area contributed by atoms with Gasteiger partial charge in [-0.15, -0.1) is 0 Å². The molecule has 1 saturated heterocycles. The molecule has 2 amide bonds.